The maximum atomic E-state index is 12.6. The van der Waals surface area contributed by atoms with Crippen LogP contribution in [-0.2, 0) is 19.6 Å². The number of sulfonamides is 1. The molecule has 9 nitrogen and oxygen atoms in total. The maximum Gasteiger partial charge on any atom is 0.309 e. The number of amides is 1. The summed E-state index contributed by atoms with van der Waals surface area (Å²) in [6.45, 7) is 0. The zero-order valence-electron chi connectivity index (χ0n) is 12.1. The van der Waals surface area contributed by atoms with Crippen molar-refractivity contribution in [2.24, 2.45) is 16.0 Å². The fraction of sp³-hybridized carbons (Fsp3) is 0.667. The smallest absolute Gasteiger partial charge is 0.309 e. The average Bonchev–Trinajstić information content (AvgIpc) is 2.97. The SMILES string of the molecule is NS(=O)(=O)c1nnc(NC(=O)C23CCC(C(=O)O)(CC2)CC3)s1. The Morgan fingerprint density at radius 3 is 2.04 bits per heavy atom. The molecule has 0 unspecified atom stereocenters. The first-order valence-electron chi connectivity index (χ1n) is 7.08. The van der Waals surface area contributed by atoms with Crippen molar-refractivity contribution in [1.82, 2.24) is 10.2 Å². The van der Waals surface area contributed by atoms with Gasteiger partial charge in [0.05, 0.1) is 5.41 Å². The largest absolute Gasteiger partial charge is 0.481 e. The predicted molar refractivity (Wildman–Crippen MR) is 80.1 cm³/mol. The lowest BCUT2D eigenvalue weighted by Crippen LogP contribution is -2.50. The van der Waals surface area contributed by atoms with Gasteiger partial charge in [0.1, 0.15) is 0 Å². The summed E-state index contributed by atoms with van der Waals surface area (Å²) >= 11 is 0.697. The van der Waals surface area contributed by atoms with E-state index in [4.69, 9.17) is 5.14 Å². The number of anilines is 1. The number of hydrogen-bond acceptors (Lipinski definition) is 7. The number of nitrogens with zero attached hydrogens (tertiary/aromatic N) is 2. The number of hydrogen-bond donors (Lipinski definition) is 3. The van der Waals surface area contributed by atoms with E-state index < -0.39 is 26.8 Å². The van der Waals surface area contributed by atoms with Gasteiger partial charge in [-0.2, -0.15) is 0 Å². The van der Waals surface area contributed by atoms with E-state index >= 15 is 0 Å². The van der Waals surface area contributed by atoms with Crippen molar-refractivity contribution in [2.45, 2.75) is 42.9 Å². The van der Waals surface area contributed by atoms with E-state index in [0.717, 1.165) is 0 Å². The molecule has 11 heteroatoms. The van der Waals surface area contributed by atoms with Crippen molar-refractivity contribution in [3.05, 3.63) is 0 Å². The first kappa shape index (κ1) is 16.3. The highest BCUT2D eigenvalue weighted by Gasteiger charge is 2.55. The van der Waals surface area contributed by atoms with Gasteiger partial charge in [-0.3, -0.25) is 9.59 Å². The summed E-state index contributed by atoms with van der Waals surface area (Å²) < 4.78 is 22.0. The van der Waals surface area contributed by atoms with Crippen LogP contribution in [0, 0.1) is 10.8 Å². The molecule has 0 saturated heterocycles. The molecule has 1 aromatic rings. The summed E-state index contributed by atoms with van der Waals surface area (Å²) in [6, 6.07) is 0. The zero-order chi connectivity index (χ0) is 16.9. The van der Waals surface area contributed by atoms with Crippen molar-refractivity contribution in [2.75, 3.05) is 5.32 Å². The highest BCUT2D eigenvalue weighted by molar-refractivity contribution is 7.91. The lowest BCUT2D eigenvalue weighted by Gasteiger charge is -2.50. The van der Waals surface area contributed by atoms with Gasteiger partial charge in [-0.1, -0.05) is 11.3 Å². The van der Waals surface area contributed by atoms with Crippen LogP contribution in [0.25, 0.3) is 0 Å². The van der Waals surface area contributed by atoms with E-state index in [1.54, 1.807) is 0 Å². The molecule has 0 aromatic carbocycles. The third-order valence-electron chi connectivity index (χ3n) is 5.05. The van der Waals surface area contributed by atoms with Crippen LogP contribution in [-0.4, -0.2) is 35.6 Å². The van der Waals surface area contributed by atoms with Gasteiger partial charge in [-0.15, -0.1) is 10.2 Å². The molecule has 4 rings (SSSR count). The Kier molecular flexibility index (Phi) is 3.69. The van der Waals surface area contributed by atoms with Crippen molar-refractivity contribution >= 4 is 38.4 Å². The second kappa shape index (κ2) is 5.21. The summed E-state index contributed by atoms with van der Waals surface area (Å²) in [5.74, 6) is -1.04. The molecule has 3 aliphatic rings. The van der Waals surface area contributed by atoms with Crippen LogP contribution in [0.2, 0.25) is 0 Å². The quantitative estimate of drug-likeness (QED) is 0.663. The number of carboxylic acid groups (broad SMARTS) is 1. The standard InChI is InChI=1S/C12H16N4O5S2/c13-23(20,21)10-16-15-9(22-10)14-7(17)11-1-4-12(5-2-11,6-3-11)8(18)19/h1-6H2,(H,18,19)(H2,13,20,21)(H,14,15,17). The molecular weight excluding hydrogens is 344 g/mol. The lowest BCUT2D eigenvalue weighted by molar-refractivity contribution is -0.162. The van der Waals surface area contributed by atoms with Crippen molar-refractivity contribution in [1.29, 1.82) is 0 Å². The summed E-state index contributed by atoms with van der Waals surface area (Å²) in [5, 5.41) is 24.1. The monoisotopic (exact) mass is 360 g/mol. The van der Waals surface area contributed by atoms with E-state index in [1.807, 2.05) is 0 Å². The van der Waals surface area contributed by atoms with Gasteiger partial charge < -0.3 is 10.4 Å². The normalized spacial score (nSPS) is 30.1. The third-order valence-corrected chi connectivity index (χ3v) is 7.20. The van der Waals surface area contributed by atoms with Gasteiger partial charge in [-0.25, -0.2) is 13.6 Å². The van der Waals surface area contributed by atoms with Crippen molar-refractivity contribution in [3.63, 3.8) is 0 Å². The number of carbonyl (C=O) groups excluding carboxylic acids is 1. The minimum atomic E-state index is -3.94. The average molecular weight is 360 g/mol. The predicted octanol–water partition coefficient (Wildman–Crippen LogP) is 0.549. The Labute approximate surface area is 136 Å². The molecule has 0 spiro atoms. The maximum absolute atomic E-state index is 12.6. The van der Waals surface area contributed by atoms with Gasteiger partial charge in [0.2, 0.25) is 15.4 Å². The molecule has 3 fully saturated rings. The summed E-state index contributed by atoms with van der Waals surface area (Å²) in [4.78, 5) is 24.0. The lowest BCUT2D eigenvalue weighted by atomic mass is 9.53. The Morgan fingerprint density at radius 2 is 1.61 bits per heavy atom. The first-order valence-corrected chi connectivity index (χ1v) is 9.44. The Bertz CT molecular complexity index is 748. The minimum absolute atomic E-state index is 0.0778. The van der Waals surface area contributed by atoms with Gasteiger partial charge in [0.15, 0.2) is 0 Å². The Balaban J connectivity index is 1.73. The summed E-state index contributed by atoms with van der Waals surface area (Å²) in [6.07, 6.45) is 2.96. The molecule has 1 amide bonds. The number of rotatable bonds is 4. The van der Waals surface area contributed by atoms with Crippen LogP contribution in [0.3, 0.4) is 0 Å². The van der Waals surface area contributed by atoms with Gasteiger partial charge in [-0.05, 0) is 38.5 Å². The molecule has 4 N–H and O–H groups in total. The number of nitrogens with two attached hydrogens (primary N) is 1. The minimum Gasteiger partial charge on any atom is -0.481 e. The highest BCUT2D eigenvalue weighted by atomic mass is 32.2. The van der Waals surface area contributed by atoms with Crippen LogP contribution >= 0.6 is 11.3 Å². The van der Waals surface area contributed by atoms with Gasteiger partial charge in [0, 0.05) is 5.41 Å². The van der Waals surface area contributed by atoms with Gasteiger partial charge in [0.25, 0.3) is 10.0 Å². The second-order valence-corrected chi connectivity index (χ2v) is 8.95. The Morgan fingerprint density at radius 1 is 1.09 bits per heavy atom. The van der Waals surface area contributed by atoms with E-state index in [2.05, 4.69) is 15.5 Å². The molecule has 3 saturated carbocycles. The molecule has 1 heterocycles. The zero-order valence-corrected chi connectivity index (χ0v) is 13.7. The second-order valence-electron chi connectivity index (χ2n) is 6.24. The molecule has 0 radical (unpaired) electrons. The topological polar surface area (TPSA) is 152 Å². The molecule has 3 aliphatic carbocycles. The van der Waals surface area contributed by atoms with Gasteiger partial charge >= 0.3 is 5.97 Å². The van der Waals surface area contributed by atoms with E-state index in [1.165, 1.54) is 0 Å². The van der Waals surface area contributed by atoms with Crippen molar-refractivity contribution < 1.29 is 23.1 Å². The van der Waals surface area contributed by atoms with Crippen LogP contribution in [0.4, 0.5) is 5.13 Å². The number of nitrogens with one attached hydrogen (secondary N) is 1. The summed E-state index contributed by atoms with van der Waals surface area (Å²) in [7, 11) is -3.94. The number of aliphatic carboxylic acids is 1. The number of primary sulfonamides is 1. The number of fused-ring (bicyclic) bond motifs is 3. The van der Waals surface area contributed by atoms with E-state index in [-0.39, 0.29) is 15.4 Å². The van der Waals surface area contributed by atoms with Crippen LogP contribution < -0.4 is 10.5 Å². The number of carbonyl (C=O) groups is 2. The number of aromatic nitrogens is 2. The molecule has 0 atom stereocenters. The van der Waals surface area contributed by atoms with Crippen LogP contribution in [0.15, 0.2) is 4.34 Å². The molecule has 0 aliphatic heterocycles. The molecule has 1 aromatic heterocycles. The number of carboxylic acids is 1. The third kappa shape index (κ3) is 2.72. The molecular formula is C12H16N4O5S2. The highest BCUT2D eigenvalue weighted by Crippen LogP contribution is 2.57. The first-order chi connectivity index (χ1) is 10.7. The summed E-state index contributed by atoms with van der Waals surface area (Å²) in [5.41, 5.74) is -1.30. The fourth-order valence-electron chi connectivity index (χ4n) is 3.45. The fourth-order valence-corrected chi connectivity index (χ4v) is 4.78. The van der Waals surface area contributed by atoms with Crippen LogP contribution in [0.1, 0.15) is 38.5 Å². The van der Waals surface area contributed by atoms with Crippen molar-refractivity contribution in [3.8, 4) is 0 Å². The van der Waals surface area contributed by atoms with E-state index in [9.17, 15) is 23.1 Å². The van der Waals surface area contributed by atoms with E-state index in [0.29, 0.717) is 49.9 Å². The molecule has 2 bridgehead atoms. The molecule has 126 valence electrons. The Hall–Kier alpha value is -1.59. The van der Waals surface area contributed by atoms with Crippen LogP contribution in [0.5, 0.6) is 0 Å². The molecule has 23 heavy (non-hydrogen) atoms.